The van der Waals surface area contributed by atoms with E-state index in [0.29, 0.717) is 25.1 Å². The van der Waals surface area contributed by atoms with Crippen LogP contribution in [-0.4, -0.2) is 35.0 Å². The van der Waals surface area contributed by atoms with Gasteiger partial charge in [-0.2, -0.15) is 0 Å². The van der Waals surface area contributed by atoms with Crippen LogP contribution in [0.15, 0.2) is 22.7 Å². The molecule has 0 bridgehead atoms. The molecule has 5 nitrogen and oxygen atoms in total. The van der Waals surface area contributed by atoms with Crippen molar-refractivity contribution >= 4 is 27.8 Å². The predicted molar refractivity (Wildman–Crippen MR) is 71.9 cm³/mol. The molecule has 1 aliphatic rings. The van der Waals surface area contributed by atoms with Crippen molar-refractivity contribution in [3.63, 3.8) is 0 Å². The normalized spacial score (nSPS) is 18.7. The van der Waals surface area contributed by atoms with Crippen molar-refractivity contribution in [2.24, 2.45) is 0 Å². The van der Waals surface area contributed by atoms with Gasteiger partial charge in [0.1, 0.15) is 11.8 Å². The van der Waals surface area contributed by atoms with Crippen molar-refractivity contribution in [3.8, 4) is 5.75 Å². The molecule has 1 amide bonds. The summed E-state index contributed by atoms with van der Waals surface area (Å²) in [6, 6.07) is 4.74. The van der Waals surface area contributed by atoms with Gasteiger partial charge < -0.3 is 14.7 Å². The molecule has 1 N–H and O–H groups in total. The number of carboxylic acids is 1. The first-order chi connectivity index (χ1) is 9.02. The topological polar surface area (TPSA) is 66.8 Å². The molecular formula is C13H14BrNO4. The van der Waals surface area contributed by atoms with Crippen LogP contribution in [0.25, 0.3) is 0 Å². The Hall–Kier alpha value is -1.56. The van der Waals surface area contributed by atoms with Gasteiger partial charge in [0.15, 0.2) is 0 Å². The highest BCUT2D eigenvalue weighted by molar-refractivity contribution is 9.10. The molecule has 1 fully saturated rings. The number of likely N-dealkylation sites (tertiary alicyclic amines) is 1. The SMILES string of the molecule is COc1ccc(CN2C(=O)CCC2C(=O)O)cc1Br. The molecule has 102 valence electrons. The fraction of sp³-hybridized carbons (Fsp3) is 0.385. The molecule has 0 radical (unpaired) electrons. The van der Waals surface area contributed by atoms with Gasteiger partial charge in [-0.1, -0.05) is 6.07 Å². The van der Waals surface area contributed by atoms with E-state index in [1.807, 2.05) is 12.1 Å². The number of benzene rings is 1. The van der Waals surface area contributed by atoms with Gasteiger partial charge in [0.25, 0.3) is 0 Å². The Morgan fingerprint density at radius 2 is 2.32 bits per heavy atom. The number of amides is 1. The summed E-state index contributed by atoms with van der Waals surface area (Å²) in [7, 11) is 1.57. The number of carbonyl (C=O) groups excluding carboxylic acids is 1. The van der Waals surface area contributed by atoms with Crippen molar-refractivity contribution in [2.75, 3.05) is 7.11 Å². The lowest BCUT2D eigenvalue weighted by Crippen LogP contribution is -2.37. The summed E-state index contributed by atoms with van der Waals surface area (Å²) in [6.07, 6.45) is 0.680. The van der Waals surface area contributed by atoms with E-state index in [4.69, 9.17) is 9.84 Å². The van der Waals surface area contributed by atoms with E-state index < -0.39 is 12.0 Å². The molecule has 1 saturated heterocycles. The smallest absolute Gasteiger partial charge is 0.326 e. The summed E-state index contributed by atoms with van der Waals surface area (Å²) in [5.74, 6) is -0.357. The van der Waals surface area contributed by atoms with E-state index in [1.165, 1.54) is 4.90 Å². The zero-order valence-corrected chi connectivity index (χ0v) is 12.0. The highest BCUT2D eigenvalue weighted by atomic mass is 79.9. The summed E-state index contributed by atoms with van der Waals surface area (Å²) in [6.45, 7) is 0.304. The average molecular weight is 328 g/mol. The van der Waals surface area contributed by atoms with Crippen LogP contribution < -0.4 is 4.74 Å². The lowest BCUT2D eigenvalue weighted by atomic mass is 10.2. The molecule has 1 atom stereocenters. The maximum Gasteiger partial charge on any atom is 0.326 e. The number of hydrogen-bond acceptors (Lipinski definition) is 3. The molecule has 6 heteroatoms. The number of carbonyl (C=O) groups is 2. The van der Waals surface area contributed by atoms with Crippen molar-refractivity contribution in [3.05, 3.63) is 28.2 Å². The lowest BCUT2D eigenvalue weighted by molar-refractivity contribution is -0.146. The van der Waals surface area contributed by atoms with Gasteiger partial charge in [0, 0.05) is 13.0 Å². The van der Waals surface area contributed by atoms with Gasteiger partial charge in [0.2, 0.25) is 5.91 Å². The van der Waals surface area contributed by atoms with Crippen LogP contribution in [0.2, 0.25) is 0 Å². The summed E-state index contributed by atoms with van der Waals surface area (Å²) < 4.78 is 5.91. The number of aliphatic carboxylic acids is 1. The zero-order valence-electron chi connectivity index (χ0n) is 10.4. The van der Waals surface area contributed by atoms with E-state index in [0.717, 1.165) is 10.0 Å². The van der Waals surface area contributed by atoms with E-state index >= 15 is 0 Å². The minimum absolute atomic E-state index is 0.112. The Balaban J connectivity index is 2.17. The Bertz CT molecular complexity index is 517. The van der Waals surface area contributed by atoms with Crippen LogP contribution in [0.4, 0.5) is 0 Å². The second-order valence-electron chi connectivity index (χ2n) is 4.38. The summed E-state index contributed by atoms with van der Waals surface area (Å²) in [5, 5.41) is 9.09. The first-order valence-corrected chi connectivity index (χ1v) is 6.67. The van der Waals surface area contributed by atoms with E-state index in [2.05, 4.69) is 15.9 Å². The van der Waals surface area contributed by atoms with Crippen LogP contribution >= 0.6 is 15.9 Å². The zero-order chi connectivity index (χ0) is 14.0. The molecule has 19 heavy (non-hydrogen) atoms. The minimum atomic E-state index is -0.946. The third-order valence-corrected chi connectivity index (χ3v) is 3.80. The first-order valence-electron chi connectivity index (χ1n) is 5.87. The Morgan fingerprint density at radius 3 is 2.89 bits per heavy atom. The van der Waals surface area contributed by atoms with Crippen molar-refractivity contribution in [1.29, 1.82) is 0 Å². The molecule has 0 saturated carbocycles. The summed E-state index contributed by atoms with van der Waals surface area (Å²) in [4.78, 5) is 24.2. The standard InChI is InChI=1S/C13H14BrNO4/c1-19-11-4-2-8(6-9(11)14)7-15-10(13(17)18)3-5-12(15)16/h2,4,6,10H,3,5,7H2,1H3,(H,17,18). The molecular weight excluding hydrogens is 314 g/mol. The highest BCUT2D eigenvalue weighted by Crippen LogP contribution is 2.28. The van der Waals surface area contributed by atoms with Crippen molar-refractivity contribution in [2.45, 2.75) is 25.4 Å². The quantitative estimate of drug-likeness (QED) is 0.918. The second-order valence-corrected chi connectivity index (χ2v) is 5.24. The fourth-order valence-corrected chi connectivity index (χ4v) is 2.78. The maximum atomic E-state index is 11.7. The van der Waals surface area contributed by atoms with Gasteiger partial charge in [-0.15, -0.1) is 0 Å². The second kappa shape index (κ2) is 5.61. The van der Waals surface area contributed by atoms with Gasteiger partial charge in [-0.3, -0.25) is 4.79 Å². The van der Waals surface area contributed by atoms with Crippen LogP contribution in [0, 0.1) is 0 Å². The minimum Gasteiger partial charge on any atom is -0.496 e. The number of ether oxygens (including phenoxy) is 1. The largest absolute Gasteiger partial charge is 0.496 e. The van der Waals surface area contributed by atoms with E-state index in [1.54, 1.807) is 13.2 Å². The van der Waals surface area contributed by atoms with Crippen LogP contribution in [-0.2, 0) is 16.1 Å². The Labute approximate surface area is 119 Å². The number of methoxy groups -OCH3 is 1. The number of hydrogen-bond donors (Lipinski definition) is 1. The van der Waals surface area contributed by atoms with Crippen LogP contribution in [0.3, 0.4) is 0 Å². The molecule has 1 aliphatic heterocycles. The van der Waals surface area contributed by atoms with Gasteiger partial charge in [-0.25, -0.2) is 4.79 Å². The number of rotatable bonds is 4. The lowest BCUT2D eigenvalue weighted by Gasteiger charge is -2.21. The maximum absolute atomic E-state index is 11.7. The molecule has 1 heterocycles. The van der Waals surface area contributed by atoms with E-state index in [-0.39, 0.29) is 5.91 Å². The van der Waals surface area contributed by atoms with Gasteiger partial charge >= 0.3 is 5.97 Å². The third kappa shape index (κ3) is 2.89. The average Bonchev–Trinajstić information content (AvgIpc) is 2.71. The number of nitrogens with zero attached hydrogens (tertiary/aromatic N) is 1. The molecule has 1 unspecified atom stereocenters. The Kier molecular flexibility index (Phi) is 4.09. The molecule has 2 rings (SSSR count). The molecule has 0 aliphatic carbocycles. The predicted octanol–water partition coefficient (Wildman–Crippen LogP) is 2.03. The number of halogens is 1. The van der Waals surface area contributed by atoms with Gasteiger partial charge in [-0.05, 0) is 40.0 Å². The summed E-state index contributed by atoms with van der Waals surface area (Å²) in [5.41, 5.74) is 0.870. The van der Waals surface area contributed by atoms with E-state index in [9.17, 15) is 9.59 Å². The van der Waals surface area contributed by atoms with Gasteiger partial charge in [0.05, 0.1) is 11.6 Å². The molecule has 1 aromatic rings. The third-order valence-electron chi connectivity index (χ3n) is 3.18. The van der Waals surface area contributed by atoms with Crippen LogP contribution in [0.5, 0.6) is 5.75 Å². The van der Waals surface area contributed by atoms with Crippen molar-refractivity contribution in [1.82, 2.24) is 4.90 Å². The summed E-state index contributed by atoms with van der Waals surface area (Å²) >= 11 is 3.37. The van der Waals surface area contributed by atoms with Crippen LogP contribution in [0.1, 0.15) is 18.4 Å². The Morgan fingerprint density at radius 1 is 1.58 bits per heavy atom. The molecule has 0 aromatic heterocycles. The first kappa shape index (κ1) is 13.9. The fourth-order valence-electron chi connectivity index (χ4n) is 2.19. The number of carboxylic acid groups (broad SMARTS) is 1. The highest BCUT2D eigenvalue weighted by Gasteiger charge is 2.35. The van der Waals surface area contributed by atoms with Crippen molar-refractivity contribution < 1.29 is 19.4 Å². The monoisotopic (exact) mass is 327 g/mol. The molecule has 1 aromatic carbocycles. The molecule has 0 spiro atoms.